The van der Waals surface area contributed by atoms with Crippen LogP contribution in [0.1, 0.15) is 17.3 Å². The minimum absolute atomic E-state index is 0.0670. The van der Waals surface area contributed by atoms with Crippen molar-refractivity contribution in [1.82, 2.24) is 4.98 Å². The van der Waals surface area contributed by atoms with Gasteiger partial charge in [0.2, 0.25) is 0 Å². The molecule has 3 rings (SSSR count). The van der Waals surface area contributed by atoms with Gasteiger partial charge in [-0.15, -0.1) is 0 Å². The Morgan fingerprint density at radius 1 is 1.07 bits per heavy atom. The van der Waals surface area contributed by atoms with Crippen molar-refractivity contribution in [1.29, 1.82) is 0 Å². The summed E-state index contributed by atoms with van der Waals surface area (Å²) in [4.78, 5) is 16.3. The maximum Gasteiger partial charge on any atom is 0.343 e. The molecular weight excluding hydrogens is 376 g/mol. The monoisotopic (exact) mass is 389 g/mol. The van der Waals surface area contributed by atoms with Crippen LogP contribution in [0.2, 0.25) is 5.02 Å². The van der Waals surface area contributed by atoms with E-state index in [4.69, 9.17) is 21.1 Å². The van der Waals surface area contributed by atoms with Crippen molar-refractivity contribution in [3.63, 3.8) is 0 Å². The third-order valence-electron chi connectivity index (χ3n) is 3.58. The Kier molecular flexibility index (Phi) is 5.66. The number of ether oxygens (including phenoxy) is 2. The molecule has 0 atom stereocenters. The first kappa shape index (κ1) is 18.8. The molecule has 138 valence electrons. The Balaban J connectivity index is 2.08. The molecule has 0 radical (unpaired) electrons. The van der Waals surface area contributed by atoms with Crippen molar-refractivity contribution in [3.8, 4) is 22.8 Å². The lowest BCUT2D eigenvalue weighted by Crippen LogP contribution is -2.07. The van der Waals surface area contributed by atoms with Crippen molar-refractivity contribution < 1.29 is 23.0 Å². The van der Waals surface area contributed by atoms with Gasteiger partial charge in [-0.05, 0) is 31.2 Å². The Labute approximate surface area is 159 Å². The average Bonchev–Trinajstić information content (AvgIpc) is 2.63. The van der Waals surface area contributed by atoms with Crippen molar-refractivity contribution in [2.75, 3.05) is 6.61 Å². The summed E-state index contributed by atoms with van der Waals surface area (Å²) in [5.41, 5.74) is 0.493. The largest absolute Gasteiger partial charge is 0.462 e. The van der Waals surface area contributed by atoms with E-state index in [0.717, 1.165) is 18.2 Å². The average molecular weight is 390 g/mol. The smallest absolute Gasteiger partial charge is 0.343 e. The van der Waals surface area contributed by atoms with E-state index in [0.29, 0.717) is 10.8 Å². The van der Waals surface area contributed by atoms with Gasteiger partial charge in [-0.1, -0.05) is 23.7 Å². The lowest BCUT2D eigenvalue weighted by Gasteiger charge is -2.13. The first-order valence-electron chi connectivity index (χ1n) is 8.04. The van der Waals surface area contributed by atoms with E-state index in [2.05, 4.69) is 4.98 Å². The third-order valence-corrected chi connectivity index (χ3v) is 3.89. The summed E-state index contributed by atoms with van der Waals surface area (Å²) in [6.45, 7) is 1.84. The zero-order chi connectivity index (χ0) is 19.4. The SMILES string of the molecule is CCOC(=O)c1cnc(-c2cc(F)cc(F)c2)cc1Oc1ccccc1Cl. The second kappa shape index (κ2) is 8.14. The molecule has 0 aliphatic carbocycles. The molecule has 1 heterocycles. The number of nitrogens with zero attached hydrogens (tertiary/aromatic N) is 1. The number of carbonyl (C=O) groups is 1. The number of benzene rings is 2. The van der Waals surface area contributed by atoms with Crippen LogP contribution in [0.3, 0.4) is 0 Å². The highest BCUT2D eigenvalue weighted by Gasteiger charge is 2.18. The fourth-order valence-corrected chi connectivity index (χ4v) is 2.56. The highest BCUT2D eigenvalue weighted by molar-refractivity contribution is 6.32. The van der Waals surface area contributed by atoms with Crippen LogP contribution in [0.25, 0.3) is 11.3 Å². The molecule has 0 N–H and O–H groups in total. The van der Waals surface area contributed by atoms with Gasteiger partial charge >= 0.3 is 5.97 Å². The predicted molar refractivity (Wildman–Crippen MR) is 97.1 cm³/mol. The first-order valence-corrected chi connectivity index (χ1v) is 8.41. The lowest BCUT2D eigenvalue weighted by molar-refractivity contribution is 0.0523. The van der Waals surface area contributed by atoms with Crippen LogP contribution in [-0.2, 0) is 4.74 Å². The summed E-state index contributed by atoms with van der Waals surface area (Å²) >= 11 is 6.11. The molecule has 0 aliphatic heterocycles. The molecule has 0 bridgehead atoms. The van der Waals surface area contributed by atoms with Crippen LogP contribution in [-0.4, -0.2) is 17.6 Å². The van der Waals surface area contributed by atoms with Crippen LogP contribution in [0.5, 0.6) is 11.5 Å². The lowest BCUT2D eigenvalue weighted by atomic mass is 10.1. The van der Waals surface area contributed by atoms with Gasteiger partial charge in [0.25, 0.3) is 0 Å². The zero-order valence-electron chi connectivity index (χ0n) is 14.2. The molecule has 0 saturated heterocycles. The fraction of sp³-hybridized carbons (Fsp3) is 0.100. The molecule has 3 aromatic rings. The predicted octanol–water partition coefficient (Wildman–Crippen LogP) is 5.65. The summed E-state index contributed by atoms with van der Waals surface area (Å²) in [6.07, 6.45) is 1.24. The molecule has 4 nitrogen and oxygen atoms in total. The number of hydrogen-bond acceptors (Lipinski definition) is 4. The van der Waals surface area contributed by atoms with E-state index < -0.39 is 17.6 Å². The number of hydrogen-bond donors (Lipinski definition) is 0. The summed E-state index contributed by atoms with van der Waals surface area (Å²) in [6, 6.07) is 11.1. The van der Waals surface area contributed by atoms with Crippen molar-refractivity contribution in [3.05, 3.63) is 76.9 Å². The molecule has 0 aliphatic rings. The van der Waals surface area contributed by atoms with Gasteiger partial charge < -0.3 is 9.47 Å². The number of aromatic nitrogens is 1. The van der Waals surface area contributed by atoms with Gasteiger partial charge in [0.05, 0.1) is 17.3 Å². The van der Waals surface area contributed by atoms with Gasteiger partial charge in [0.15, 0.2) is 0 Å². The minimum atomic E-state index is -0.741. The van der Waals surface area contributed by atoms with E-state index in [-0.39, 0.29) is 29.2 Å². The van der Waals surface area contributed by atoms with E-state index in [1.54, 1.807) is 31.2 Å². The van der Waals surface area contributed by atoms with Crippen LogP contribution in [0, 0.1) is 11.6 Å². The van der Waals surface area contributed by atoms with Crippen LogP contribution in [0.15, 0.2) is 54.7 Å². The Morgan fingerprint density at radius 2 is 1.78 bits per heavy atom. The molecule has 0 spiro atoms. The maximum absolute atomic E-state index is 13.5. The molecular formula is C20H14ClF2NO3. The Bertz CT molecular complexity index is 974. The molecule has 0 unspecified atom stereocenters. The molecule has 0 saturated carbocycles. The summed E-state index contributed by atoms with van der Waals surface area (Å²) in [7, 11) is 0. The van der Waals surface area contributed by atoms with Crippen LogP contribution in [0.4, 0.5) is 8.78 Å². The van der Waals surface area contributed by atoms with Gasteiger partial charge in [-0.2, -0.15) is 0 Å². The number of pyridine rings is 1. The minimum Gasteiger partial charge on any atom is -0.462 e. The number of para-hydroxylation sites is 1. The van der Waals surface area contributed by atoms with Crippen molar-refractivity contribution in [2.45, 2.75) is 6.92 Å². The second-order valence-corrected chi connectivity index (χ2v) is 5.88. The second-order valence-electron chi connectivity index (χ2n) is 5.48. The molecule has 0 fully saturated rings. The quantitative estimate of drug-likeness (QED) is 0.529. The number of rotatable bonds is 5. The molecule has 0 amide bonds. The standard InChI is InChI=1S/C20H14ClF2NO3/c1-2-26-20(25)15-11-24-17(12-7-13(22)9-14(23)8-12)10-19(15)27-18-6-4-3-5-16(18)21/h3-11H,2H2,1H3. The number of esters is 1. The first-order chi connectivity index (χ1) is 13.0. The molecule has 2 aromatic carbocycles. The molecule has 1 aromatic heterocycles. The van der Waals surface area contributed by atoms with Crippen LogP contribution < -0.4 is 4.74 Å². The third kappa shape index (κ3) is 4.41. The maximum atomic E-state index is 13.5. The van der Waals surface area contributed by atoms with E-state index in [1.165, 1.54) is 12.3 Å². The zero-order valence-corrected chi connectivity index (χ0v) is 15.0. The van der Waals surface area contributed by atoms with Crippen LogP contribution >= 0.6 is 11.6 Å². The van der Waals surface area contributed by atoms with Gasteiger partial charge in [0.1, 0.15) is 28.7 Å². The van der Waals surface area contributed by atoms with Gasteiger partial charge in [0, 0.05) is 23.9 Å². The summed E-state index contributed by atoms with van der Waals surface area (Å²) in [5, 5.41) is 0.336. The Hall–Kier alpha value is -2.99. The highest BCUT2D eigenvalue weighted by atomic mass is 35.5. The van der Waals surface area contributed by atoms with Gasteiger partial charge in [-0.25, -0.2) is 13.6 Å². The van der Waals surface area contributed by atoms with E-state index >= 15 is 0 Å². The molecule has 27 heavy (non-hydrogen) atoms. The molecule has 7 heteroatoms. The van der Waals surface area contributed by atoms with E-state index in [1.807, 2.05) is 0 Å². The Morgan fingerprint density at radius 3 is 2.44 bits per heavy atom. The van der Waals surface area contributed by atoms with Crippen molar-refractivity contribution >= 4 is 17.6 Å². The number of halogens is 3. The van der Waals surface area contributed by atoms with Gasteiger partial charge in [-0.3, -0.25) is 4.98 Å². The fourth-order valence-electron chi connectivity index (χ4n) is 2.39. The topological polar surface area (TPSA) is 48.4 Å². The highest BCUT2D eigenvalue weighted by Crippen LogP contribution is 2.33. The summed E-state index contributed by atoms with van der Waals surface area (Å²) < 4.78 is 37.8. The summed E-state index contributed by atoms with van der Waals surface area (Å²) in [5.74, 6) is -1.70. The number of carbonyl (C=O) groups excluding carboxylic acids is 1. The van der Waals surface area contributed by atoms with E-state index in [9.17, 15) is 13.6 Å². The normalized spacial score (nSPS) is 10.5. The van der Waals surface area contributed by atoms with Crippen molar-refractivity contribution in [2.24, 2.45) is 0 Å².